The number of benzene rings is 3. The third kappa shape index (κ3) is 5.91. The number of halogens is 3. The van der Waals surface area contributed by atoms with Gasteiger partial charge in [0.05, 0.1) is 20.8 Å². The number of hydrogen-bond acceptors (Lipinski definition) is 4. The second-order valence-electron chi connectivity index (χ2n) is 8.90. The highest BCUT2D eigenvalue weighted by molar-refractivity contribution is 6.30. The van der Waals surface area contributed by atoms with Crippen molar-refractivity contribution in [3.05, 3.63) is 99.5 Å². The molecule has 1 aliphatic rings. The van der Waals surface area contributed by atoms with Crippen LogP contribution in [0.1, 0.15) is 42.5 Å². The predicted molar refractivity (Wildman–Crippen MR) is 144 cm³/mol. The Hall–Kier alpha value is -2.29. The van der Waals surface area contributed by atoms with E-state index in [1.807, 2.05) is 72.8 Å². The molecule has 0 amide bonds. The van der Waals surface area contributed by atoms with Gasteiger partial charge in [-0.05, 0) is 48.4 Å². The summed E-state index contributed by atoms with van der Waals surface area (Å²) in [5, 5.41) is 1.25. The molecule has 1 heterocycles. The normalized spacial score (nSPS) is 18.7. The highest BCUT2D eigenvalue weighted by Crippen LogP contribution is 2.48. The van der Waals surface area contributed by atoms with E-state index in [0.717, 1.165) is 41.8 Å². The first-order chi connectivity index (χ1) is 17.4. The number of carbonyl (C=O) groups excluding carboxylic acids is 1. The molecule has 0 bridgehead atoms. The molecule has 3 aromatic rings. The number of nitrogens with zero attached hydrogens (tertiary/aromatic N) is 2. The zero-order chi connectivity index (χ0) is 25.7. The van der Waals surface area contributed by atoms with Crippen LogP contribution in [0.15, 0.2) is 72.8 Å². The largest absolute Gasteiger partial charge is 1.00 e. The summed E-state index contributed by atoms with van der Waals surface area (Å²) in [7, 11) is 3.09. The molecule has 196 valence electrons. The molecule has 2 atom stereocenters. The Morgan fingerprint density at radius 1 is 0.946 bits per heavy atom. The Bertz CT molecular complexity index is 1220. The van der Waals surface area contributed by atoms with Crippen LogP contribution in [0.2, 0.25) is 10.0 Å². The average molecular weight is 653 g/mol. The minimum absolute atomic E-state index is 0. The van der Waals surface area contributed by atoms with Crippen LogP contribution in [-0.4, -0.2) is 42.5 Å². The van der Waals surface area contributed by atoms with E-state index < -0.39 is 5.54 Å². The number of esters is 1. The van der Waals surface area contributed by atoms with Crippen molar-refractivity contribution in [3.8, 4) is 5.75 Å². The van der Waals surface area contributed by atoms with Gasteiger partial charge in [-0.3, -0.25) is 4.58 Å². The first-order valence-corrected chi connectivity index (χ1v) is 12.8. The molecule has 0 aliphatic carbocycles. The lowest BCUT2D eigenvalue weighted by Gasteiger charge is -2.35. The monoisotopic (exact) mass is 652 g/mol. The number of hydrogen-bond donors (Lipinski definition) is 0. The number of carbonyl (C=O) groups is 1. The van der Waals surface area contributed by atoms with E-state index in [2.05, 4.69) is 22.7 Å². The number of rotatable bonds is 9. The molecule has 0 unspecified atom stereocenters. The summed E-state index contributed by atoms with van der Waals surface area (Å²) in [5.74, 6) is 0.443. The standard InChI is InChI=1S/C29H31Cl2N2O3.HI/c1-4-5-18-32-20-33(19-21-6-16-26(35-2)17-7-21)29(28(34)36-3,23-10-14-25(31)15-11-23)27(32)22-8-12-24(30)13-9-22;/h6-17,20,27H,4-5,18-19H2,1-3H3;1H/q+1;/p-1/t27-,29+;/m1./s1. The quantitative estimate of drug-likeness (QED) is 0.202. The Labute approximate surface area is 246 Å². The van der Waals surface area contributed by atoms with Gasteiger partial charge in [0.25, 0.3) is 5.54 Å². The zero-order valence-electron chi connectivity index (χ0n) is 21.2. The van der Waals surface area contributed by atoms with Gasteiger partial charge in [0.1, 0.15) is 12.3 Å². The van der Waals surface area contributed by atoms with E-state index in [0.29, 0.717) is 16.6 Å². The van der Waals surface area contributed by atoms with Crippen LogP contribution < -0.4 is 28.7 Å². The van der Waals surface area contributed by atoms with E-state index in [4.69, 9.17) is 32.7 Å². The first-order valence-electron chi connectivity index (χ1n) is 12.0. The van der Waals surface area contributed by atoms with Gasteiger partial charge >= 0.3 is 5.97 Å². The van der Waals surface area contributed by atoms with Crippen LogP contribution >= 0.6 is 23.2 Å². The lowest BCUT2D eigenvalue weighted by atomic mass is 9.78. The first kappa shape index (κ1) is 29.3. The van der Waals surface area contributed by atoms with Crippen molar-refractivity contribution in [3.63, 3.8) is 0 Å². The molecule has 0 aromatic heterocycles. The fourth-order valence-corrected chi connectivity index (χ4v) is 5.21. The van der Waals surface area contributed by atoms with E-state index in [9.17, 15) is 4.79 Å². The highest BCUT2D eigenvalue weighted by Gasteiger charge is 2.64. The lowest BCUT2D eigenvalue weighted by Crippen LogP contribution is -3.00. The smallest absolute Gasteiger partial charge is 0.364 e. The van der Waals surface area contributed by atoms with Crippen molar-refractivity contribution in [2.75, 3.05) is 20.8 Å². The molecule has 4 rings (SSSR count). The lowest BCUT2D eigenvalue weighted by molar-refractivity contribution is -0.568. The van der Waals surface area contributed by atoms with E-state index in [-0.39, 0.29) is 36.0 Å². The SMILES string of the molecule is CCCC[N+]1=CN(Cc2ccc(OC)cc2)[C@@](C(=O)OC)(c2ccc(Cl)cc2)[C@H]1c1ccc(Cl)cc1.[I-]. The van der Waals surface area contributed by atoms with Gasteiger partial charge in [0.2, 0.25) is 6.34 Å². The molecule has 0 fully saturated rings. The van der Waals surface area contributed by atoms with Gasteiger partial charge in [-0.25, -0.2) is 9.69 Å². The fraction of sp³-hybridized carbons (Fsp3) is 0.310. The van der Waals surface area contributed by atoms with Gasteiger partial charge in [0, 0.05) is 21.2 Å². The van der Waals surface area contributed by atoms with E-state index in [1.54, 1.807) is 7.11 Å². The molecule has 3 aromatic carbocycles. The summed E-state index contributed by atoms with van der Waals surface area (Å²) in [6, 6.07) is 22.7. The second-order valence-corrected chi connectivity index (χ2v) is 9.77. The summed E-state index contributed by atoms with van der Waals surface area (Å²) in [6.45, 7) is 3.44. The minimum atomic E-state index is -1.15. The topological polar surface area (TPSA) is 41.8 Å². The van der Waals surface area contributed by atoms with Crippen molar-refractivity contribution in [1.82, 2.24) is 4.90 Å². The molecule has 37 heavy (non-hydrogen) atoms. The Balaban J connectivity index is 0.00000380. The van der Waals surface area contributed by atoms with Crippen molar-refractivity contribution < 1.29 is 42.8 Å². The third-order valence-electron chi connectivity index (χ3n) is 6.72. The summed E-state index contributed by atoms with van der Waals surface area (Å²) >= 11 is 12.5. The number of unbranched alkanes of at least 4 members (excludes halogenated alkanes) is 1. The molecular weight excluding hydrogens is 622 g/mol. The fourth-order valence-electron chi connectivity index (χ4n) is 4.96. The number of ether oxygens (including phenoxy) is 2. The van der Waals surface area contributed by atoms with Crippen molar-refractivity contribution in [2.45, 2.75) is 37.9 Å². The molecule has 8 heteroatoms. The van der Waals surface area contributed by atoms with Crippen LogP contribution in [0.3, 0.4) is 0 Å². The van der Waals surface area contributed by atoms with Crippen LogP contribution in [0, 0.1) is 0 Å². The Morgan fingerprint density at radius 3 is 2.08 bits per heavy atom. The molecule has 0 saturated carbocycles. The molecule has 0 spiro atoms. The van der Waals surface area contributed by atoms with Crippen molar-refractivity contribution >= 4 is 35.5 Å². The van der Waals surface area contributed by atoms with Gasteiger partial charge in [-0.2, -0.15) is 0 Å². The average Bonchev–Trinajstić information content (AvgIpc) is 3.22. The van der Waals surface area contributed by atoms with Gasteiger partial charge in [-0.15, -0.1) is 0 Å². The predicted octanol–water partition coefficient (Wildman–Crippen LogP) is 3.47. The van der Waals surface area contributed by atoms with Crippen LogP contribution in [-0.2, 0) is 21.6 Å². The maximum Gasteiger partial charge on any atom is 0.364 e. The summed E-state index contributed by atoms with van der Waals surface area (Å²) in [6.07, 6.45) is 4.09. The molecule has 1 aliphatic heterocycles. The van der Waals surface area contributed by atoms with Gasteiger partial charge in [-0.1, -0.05) is 72.9 Å². The van der Waals surface area contributed by atoms with Gasteiger partial charge < -0.3 is 33.5 Å². The Morgan fingerprint density at radius 2 is 1.54 bits per heavy atom. The third-order valence-corrected chi connectivity index (χ3v) is 7.22. The van der Waals surface area contributed by atoms with Crippen LogP contribution in [0.25, 0.3) is 0 Å². The van der Waals surface area contributed by atoms with E-state index in [1.165, 1.54) is 7.11 Å². The molecular formula is C29H31Cl2IN2O3. The summed E-state index contributed by atoms with van der Waals surface area (Å²) in [5.41, 5.74) is 1.68. The minimum Gasteiger partial charge on any atom is -1.00 e. The highest BCUT2D eigenvalue weighted by atomic mass is 127. The van der Waals surface area contributed by atoms with Crippen LogP contribution in [0.4, 0.5) is 0 Å². The van der Waals surface area contributed by atoms with Crippen molar-refractivity contribution in [2.24, 2.45) is 0 Å². The Kier molecular flexibility index (Phi) is 10.3. The second kappa shape index (κ2) is 13.0. The summed E-state index contributed by atoms with van der Waals surface area (Å²) in [4.78, 5) is 16.1. The van der Waals surface area contributed by atoms with E-state index >= 15 is 0 Å². The van der Waals surface area contributed by atoms with Crippen LogP contribution in [0.5, 0.6) is 5.75 Å². The zero-order valence-corrected chi connectivity index (χ0v) is 24.8. The molecule has 0 radical (unpaired) electrons. The maximum absolute atomic E-state index is 14.0. The number of methoxy groups -OCH3 is 2. The van der Waals surface area contributed by atoms with Crippen molar-refractivity contribution in [1.29, 1.82) is 0 Å². The molecule has 0 saturated heterocycles. The molecule has 0 N–H and O–H groups in total. The van der Waals surface area contributed by atoms with Gasteiger partial charge in [0.15, 0.2) is 6.04 Å². The summed E-state index contributed by atoms with van der Waals surface area (Å²) < 4.78 is 13.1. The maximum atomic E-state index is 14.0. The molecule has 5 nitrogen and oxygen atoms in total.